The van der Waals surface area contributed by atoms with E-state index in [-0.39, 0.29) is 12.5 Å². The molecule has 0 aliphatic heterocycles. The number of halogens is 1. The number of imidazole rings is 1. The molecule has 3 aromatic carbocycles. The Bertz CT molecular complexity index is 1330. The van der Waals surface area contributed by atoms with Crippen LogP contribution in [0.3, 0.4) is 0 Å². The molecule has 9 nitrogen and oxygen atoms in total. The monoisotopic (exact) mass is 479 g/mol. The largest absolute Gasteiger partial charge is 0.465 e. The first-order chi connectivity index (χ1) is 16.3. The van der Waals surface area contributed by atoms with Crippen LogP contribution in [0.15, 0.2) is 72.8 Å². The van der Waals surface area contributed by atoms with Crippen molar-refractivity contribution in [3.63, 3.8) is 0 Å². The molecule has 1 aromatic heterocycles. The lowest BCUT2D eigenvalue weighted by atomic mass is 9.98. The van der Waals surface area contributed by atoms with Crippen LogP contribution in [-0.4, -0.2) is 43.2 Å². The van der Waals surface area contributed by atoms with Gasteiger partial charge in [-0.15, -0.1) is 0 Å². The van der Waals surface area contributed by atoms with Gasteiger partial charge in [-0.2, -0.15) is 0 Å². The van der Waals surface area contributed by atoms with E-state index in [0.29, 0.717) is 32.9 Å². The van der Waals surface area contributed by atoms with Crippen LogP contribution in [0.25, 0.3) is 11.0 Å². The standard InChI is InChI=1S/C24H22ClN5O4/c25-17-9-5-4-8-15(17)13-30(24(33)34)20(14-6-2-1-3-7-14)21(31)22(32)27-16-10-11-18-19(12-16)29-23(26)28-18/h1-12,20-21,31H,13H2,(H,27,32)(H,33,34)(H3,26,28,29). The summed E-state index contributed by atoms with van der Waals surface area (Å²) in [6, 6.07) is 19.0. The lowest BCUT2D eigenvalue weighted by Crippen LogP contribution is -2.44. The van der Waals surface area contributed by atoms with Gasteiger partial charge in [-0.25, -0.2) is 9.78 Å². The number of carbonyl (C=O) groups excluding carboxylic acids is 1. The molecule has 0 saturated heterocycles. The van der Waals surface area contributed by atoms with Crippen molar-refractivity contribution < 1.29 is 19.8 Å². The third kappa shape index (κ3) is 4.95. The van der Waals surface area contributed by atoms with E-state index in [9.17, 15) is 19.8 Å². The van der Waals surface area contributed by atoms with Gasteiger partial charge in [0, 0.05) is 10.7 Å². The van der Waals surface area contributed by atoms with Crippen molar-refractivity contribution in [3.05, 3.63) is 88.9 Å². The molecule has 0 saturated carbocycles. The number of aliphatic hydroxyl groups excluding tert-OH is 1. The number of nitrogens with one attached hydrogen (secondary N) is 2. The van der Waals surface area contributed by atoms with Gasteiger partial charge in [0.2, 0.25) is 0 Å². The number of hydrogen-bond donors (Lipinski definition) is 5. The van der Waals surface area contributed by atoms with Crippen LogP contribution >= 0.6 is 11.6 Å². The maximum atomic E-state index is 13.1. The summed E-state index contributed by atoms with van der Waals surface area (Å²) in [6.45, 7) is -0.127. The summed E-state index contributed by atoms with van der Waals surface area (Å²) in [5.74, 6) is -0.537. The van der Waals surface area contributed by atoms with Crippen molar-refractivity contribution in [1.29, 1.82) is 0 Å². The lowest BCUT2D eigenvalue weighted by Gasteiger charge is -2.33. The highest BCUT2D eigenvalue weighted by Crippen LogP contribution is 2.29. The van der Waals surface area contributed by atoms with Crippen LogP contribution < -0.4 is 11.1 Å². The van der Waals surface area contributed by atoms with Crippen LogP contribution in [0, 0.1) is 0 Å². The van der Waals surface area contributed by atoms with Crippen LogP contribution in [0.4, 0.5) is 16.4 Å². The summed E-state index contributed by atoms with van der Waals surface area (Å²) in [4.78, 5) is 33.3. The molecule has 0 bridgehead atoms. The third-order valence-electron chi connectivity index (χ3n) is 5.36. The van der Waals surface area contributed by atoms with Crippen molar-refractivity contribution in [2.45, 2.75) is 18.7 Å². The third-order valence-corrected chi connectivity index (χ3v) is 5.73. The summed E-state index contributed by atoms with van der Waals surface area (Å²) >= 11 is 6.24. The second-order valence-electron chi connectivity index (χ2n) is 7.65. The molecule has 1 heterocycles. The van der Waals surface area contributed by atoms with Gasteiger partial charge in [-0.05, 0) is 35.4 Å². The minimum Gasteiger partial charge on any atom is -0.465 e. The molecule has 0 fully saturated rings. The number of nitrogens with two attached hydrogens (primary N) is 1. The highest BCUT2D eigenvalue weighted by atomic mass is 35.5. The smallest absolute Gasteiger partial charge is 0.408 e. The lowest BCUT2D eigenvalue weighted by molar-refractivity contribution is -0.127. The molecule has 34 heavy (non-hydrogen) atoms. The molecule has 0 aliphatic carbocycles. The fraction of sp³-hybridized carbons (Fsp3) is 0.125. The van der Waals surface area contributed by atoms with E-state index < -0.39 is 24.1 Å². The number of nitrogens with zero attached hydrogens (tertiary/aromatic N) is 2. The molecule has 2 atom stereocenters. The average molecular weight is 480 g/mol. The summed E-state index contributed by atoms with van der Waals surface area (Å²) in [6.07, 6.45) is -3.03. The molecule has 2 unspecified atom stereocenters. The Labute approximate surface area is 199 Å². The zero-order chi connectivity index (χ0) is 24.2. The minimum atomic E-state index is -1.72. The molecular weight excluding hydrogens is 458 g/mol. The zero-order valence-electron chi connectivity index (χ0n) is 17.9. The number of fused-ring (bicyclic) bond motifs is 1. The van der Waals surface area contributed by atoms with Crippen LogP contribution in [0.1, 0.15) is 17.2 Å². The van der Waals surface area contributed by atoms with E-state index in [1.165, 1.54) is 0 Å². The molecular formula is C24H22ClN5O4. The molecule has 4 aromatic rings. The second-order valence-corrected chi connectivity index (χ2v) is 8.05. The highest BCUT2D eigenvalue weighted by Gasteiger charge is 2.36. The number of rotatable bonds is 7. The number of carboxylic acid groups (broad SMARTS) is 1. The molecule has 10 heteroatoms. The first kappa shape index (κ1) is 23.1. The molecule has 0 spiro atoms. The van der Waals surface area contributed by atoms with Crippen molar-refractivity contribution in [2.75, 3.05) is 11.1 Å². The van der Waals surface area contributed by atoms with Crippen LogP contribution in [0.5, 0.6) is 0 Å². The summed E-state index contributed by atoms with van der Waals surface area (Å²) in [5, 5.41) is 24.1. The number of aliphatic hydroxyl groups is 1. The highest BCUT2D eigenvalue weighted by molar-refractivity contribution is 6.31. The number of anilines is 2. The Morgan fingerprint density at radius 3 is 2.50 bits per heavy atom. The normalized spacial score (nSPS) is 12.8. The molecule has 174 valence electrons. The van der Waals surface area contributed by atoms with E-state index >= 15 is 0 Å². The molecule has 0 aliphatic rings. The van der Waals surface area contributed by atoms with Crippen LogP contribution in [0.2, 0.25) is 5.02 Å². The van der Waals surface area contributed by atoms with Gasteiger partial charge >= 0.3 is 6.09 Å². The number of amides is 2. The Balaban J connectivity index is 1.65. The molecule has 4 rings (SSSR count). The summed E-state index contributed by atoms with van der Waals surface area (Å²) in [7, 11) is 0. The van der Waals surface area contributed by atoms with E-state index in [4.69, 9.17) is 17.3 Å². The van der Waals surface area contributed by atoms with Gasteiger partial charge in [-0.1, -0.05) is 60.1 Å². The van der Waals surface area contributed by atoms with Crippen molar-refractivity contribution in [1.82, 2.24) is 14.9 Å². The number of carbonyl (C=O) groups is 2. The number of aromatic nitrogens is 2. The van der Waals surface area contributed by atoms with Gasteiger partial charge < -0.3 is 26.2 Å². The fourth-order valence-electron chi connectivity index (χ4n) is 3.74. The van der Waals surface area contributed by atoms with Gasteiger partial charge in [0.1, 0.15) is 0 Å². The fourth-order valence-corrected chi connectivity index (χ4v) is 3.94. The predicted molar refractivity (Wildman–Crippen MR) is 129 cm³/mol. The summed E-state index contributed by atoms with van der Waals surface area (Å²) in [5.41, 5.74) is 8.28. The van der Waals surface area contributed by atoms with E-state index in [2.05, 4.69) is 15.3 Å². The maximum absolute atomic E-state index is 13.1. The van der Waals surface area contributed by atoms with E-state index in [0.717, 1.165) is 4.90 Å². The van der Waals surface area contributed by atoms with Gasteiger partial charge in [0.05, 0.1) is 23.6 Å². The van der Waals surface area contributed by atoms with Gasteiger partial charge in [0.25, 0.3) is 5.91 Å². The maximum Gasteiger partial charge on any atom is 0.408 e. The first-order valence-corrected chi connectivity index (χ1v) is 10.7. The van der Waals surface area contributed by atoms with E-state index in [1.54, 1.807) is 72.8 Å². The number of benzene rings is 3. The van der Waals surface area contributed by atoms with Gasteiger partial charge in [0.15, 0.2) is 12.1 Å². The van der Waals surface area contributed by atoms with Crippen molar-refractivity contribution in [3.8, 4) is 0 Å². The van der Waals surface area contributed by atoms with E-state index in [1.807, 2.05) is 0 Å². The number of nitrogen functional groups attached to an aromatic ring is 1. The Morgan fingerprint density at radius 2 is 1.79 bits per heavy atom. The Hall–Kier alpha value is -4.08. The number of H-pyrrole nitrogens is 1. The minimum absolute atomic E-state index is 0.127. The Morgan fingerprint density at radius 1 is 1.09 bits per heavy atom. The molecule has 6 N–H and O–H groups in total. The summed E-state index contributed by atoms with van der Waals surface area (Å²) < 4.78 is 0. The topological polar surface area (TPSA) is 145 Å². The predicted octanol–water partition coefficient (Wildman–Crippen LogP) is 4.02. The van der Waals surface area contributed by atoms with Crippen molar-refractivity contribution in [2.24, 2.45) is 0 Å². The first-order valence-electron chi connectivity index (χ1n) is 10.4. The Kier molecular flexibility index (Phi) is 6.67. The number of aromatic amines is 1. The molecule has 0 radical (unpaired) electrons. The van der Waals surface area contributed by atoms with Crippen molar-refractivity contribution >= 4 is 46.3 Å². The van der Waals surface area contributed by atoms with Crippen LogP contribution in [-0.2, 0) is 11.3 Å². The zero-order valence-corrected chi connectivity index (χ0v) is 18.6. The quantitative estimate of drug-likeness (QED) is 0.271. The second kappa shape index (κ2) is 9.82. The number of hydrogen-bond acceptors (Lipinski definition) is 5. The SMILES string of the molecule is Nc1nc2ccc(NC(=O)C(O)C(c3ccccc3)N(Cc3ccccc3Cl)C(=O)O)cc2[nH]1. The average Bonchev–Trinajstić information content (AvgIpc) is 3.19. The van der Waals surface area contributed by atoms with Gasteiger partial charge in [-0.3, -0.25) is 9.69 Å². The molecule has 2 amide bonds.